The van der Waals surface area contributed by atoms with Crippen LogP contribution in [-0.2, 0) is 13.6 Å². The lowest BCUT2D eigenvalue weighted by atomic mass is 10.1. The van der Waals surface area contributed by atoms with Crippen molar-refractivity contribution < 1.29 is 14.3 Å². The summed E-state index contributed by atoms with van der Waals surface area (Å²) in [4.78, 5) is 16.7. The average molecular weight is 352 g/mol. The summed E-state index contributed by atoms with van der Waals surface area (Å²) in [6.07, 6.45) is 1.69. The van der Waals surface area contributed by atoms with Gasteiger partial charge in [-0.15, -0.1) is 0 Å². The van der Waals surface area contributed by atoms with E-state index in [0.29, 0.717) is 29.4 Å². The van der Waals surface area contributed by atoms with Crippen LogP contribution in [0.4, 0.5) is 0 Å². The lowest BCUT2D eigenvalue weighted by molar-refractivity contribution is 0.0941. The number of rotatable bonds is 6. The largest absolute Gasteiger partial charge is 0.497 e. The van der Waals surface area contributed by atoms with Gasteiger partial charge in [0.15, 0.2) is 0 Å². The highest BCUT2D eigenvalue weighted by molar-refractivity contribution is 5.93. The molecule has 0 aliphatic rings. The first kappa shape index (κ1) is 17.5. The van der Waals surface area contributed by atoms with E-state index < -0.39 is 0 Å². The van der Waals surface area contributed by atoms with Crippen molar-refractivity contribution in [1.82, 2.24) is 20.1 Å². The molecule has 1 amide bonds. The van der Waals surface area contributed by atoms with E-state index >= 15 is 0 Å². The van der Waals surface area contributed by atoms with Crippen LogP contribution in [0, 0.1) is 0 Å². The third-order valence-electron chi connectivity index (χ3n) is 3.95. The van der Waals surface area contributed by atoms with E-state index in [1.807, 2.05) is 30.3 Å². The number of methoxy groups -OCH3 is 2. The Morgan fingerprint density at radius 2 is 2.00 bits per heavy atom. The molecule has 1 N–H and O–H groups in total. The number of hydrogen-bond donors (Lipinski definition) is 1. The number of aryl methyl sites for hydroxylation is 1. The van der Waals surface area contributed by atoms with Crippen LogP contribution in [0.25, 0.3) is 11.3 Å². The molecule has 26 heavy (non-hydrogen) atoms. The molecule has 0 radical (unpaired) electrons. The van der Waals surface area contributed by atoms with Crippen LogP contribution in [0.1, 0.15) is 16.2 Å². The Morgan fingerprint density at radius 1 is 1.15 bits per heavy atom. The minimum atomic E-state index is -0.218. The molecule has 0 saturated heterocycles. The van der Waals surface area contributed by atoms with E-state index in [0.717, 1.165) is 11.3 Å². The molecule has 2 heterocycles. The zero-order valence-corrected chi connectivity index (χ0v) is 14.9. The summed E-state index contributed by atoms with van der Waals surface area (Å²) in [6, 6.07) is 12.8. The maximum Gasteiger partial charge on any atom is 0.269 e. The maximum atomic E-state index is 12.5. The Labute approximate surface area is 151 Å². The Hall–Kier alpha value is -3.35. The fourth-order valence-electron chi connectivity index (χ4n) is 2.59. The number of ether oxygens (including phenoxy) is 2. The second kappa shape index (κ2) is 7.69. The molecule has 0 saturated carbocycles. The predicted molar refractivity (Wildman–Crippen MR) is 97.2 cm³/mol. The fraction of sp³-hybridized carbons (Fsp3) is 0.211. The molecule has 134 valence electrons. The van der Waals surface area contributed by atoms with Gasteiger partial charge in [-0.1, -0.05) is 6.07 Å². The van der Waals surface area contributed by atoms with Gasteiger partial charge in [0.1, 0.15) is 17.2 Å². The number of carbonyl (C=O) groups excluding carboxylic acids is 1. The van der Waals surface area contributed by atoms with E-state index in [4.69, 9.17) is 9.47 Å². The van der Waals surface area contributed by atoms with Crippen molar-refractivity contribution in [3.05, 3.63) is 60.0 Å². The Morgan fingerprint density at radius 3 is 2.69 bits per heavy atom. The molecular weight excluding hydrogens is 332 g/mol. The average Bonchev–Trinajstić information content (AvgIpc) is 3.07. The van der Waals surface area contributed by atoms with Gasteiger partial charge < -0.3 is 14.8 Å². The highest BCUT2D eigenvalue weighted by atomic mass is 16.5. The smallest absolute Gasteiger partial charge is 0.269 e. The number of nitrogens with zero attached hydrogens (tertiary/aromatic N) is 3. The van der Waals surface area contributed by atoms with Crippen molar-refractivity contribution in [2.24, 2.45) is 7.05 Å². The minimum Gasteiger partial charge on any atom is -0.497 e. The summed E-state index contributed by atoms with van der Waals surface area (Å²) in [5.41, 5.74) is 2.68. The number of pyridine rings is 1. The molecule has 7 heteroatoms. The Kier molecular flexibility index (Phi) is 5.17. The van der Waals surface area contributed by atoms with Gasteiger partial charge in [0.25, 0.3) is 5.91 Å². The monoisotopic (exact) mass is 352 g/mol. The zero-order valence-electron chi connectivity index (χ0n) is 14.9. The van der Waals surface area contributed by atoms with E-state index in [1.165, 1.54) is 0 Å². The number of benzene rings is 1. The van der Waals surface area contributed by atoms with Crippen molar-refractivity contribution in [2.45, 2.75) is 6.54 Å². The lowest BCUT2D eigenvalue weighted by Gasteiger charge is -2.08. The number of amides is 1. The number of aromatic nitrogens is 3. The molecule has 2 aromatic heterocycles. The van der Waals surface area contributed by atoms with Crippen LogP contribution in [0.2, 0.25) is 0 Å². The summed E-state index contributed by atoms with van der Waals surface area (Å²) in [7, 11) is 4.91. The molecule has 3 rings (SSSR count). The second-order valence-electron chi connectivity index (χ2n) is 5.61. The van der Waals surface area contributed by atoms with E-state index in [2.05, 4.69) is 15.4 Å². The number of hydrogen-bond acceptors (Lipinski definition) is 5. The van der Waals surface area contributed by atoms with Gasteiger partial charge in [0.2, 0.25) is 0 Å². The first-order valence-electron chi connectivity index (χ1n) is 8.07. The third-order valence-corrected chi connectivity index (χ3v) is 3.95. The van der Waals surface area contributed by atoms with Crippen molar-refractivity contribution in [3.63, 3.8) is 0 Å². The van der Waals surface area contributed by atoms with Gasteiger partial charge in [-0.3, -0.25) is 14.5 Å². The van der Waals surface area contributed by atoms with Crippen molar-refractivity contribution in [1.29, 1.82) is 0 Å². The topological polar surface area (TPSA) is 78.3 Å². The molecule has 0 aliphatic carbocycles. The van der Waals surface area contributed by atoms with Gasteiger partial charge in [-0.25, -0.2) is 0 Å². The van der Waals surface area contributed by atoms with Crippen molar-refractivity contribution in [2.75, 3.05) is 14.2 Å². The third kappa shape index (κ3) is 3.66. The minimum absolute atomic E-state index is 0.218. The van der Waals surface area contributed by atoms with Crippen molar-refractivity contribution >= 4 is 5.91 Å². The molecule has 0 fully saturated rings. The van der Waals surface area contributed by atoms with Crippen LogP contribution in [0.15, 0.2) is 48.7 Å². The molecule has 0 atom stereocenters. The molecule has 0 aliphatic heterocycles. The Balaban J connectivity index is 1.82. The maximum absolute atomic E-state index is 12.5. The van der Waals surface area contributed by atoms with Gasteiger partial charge >= 0.3 is 0 Å². The molecule has 0 bridgehead atoms. The predicted octanol–water partition coefficient (Wildman–Crippen LogP) is 2.43. The summed E-state index contributed by atoms with van der Waals surface area (Å²) in [5, 5.41) is 7.29. The summed E-state index contributed by atoms with van der Waals surface area (Å²) in [5.74, 6) is 1.10. The van der Waals surface area contributed by atoms with E-state index in [-0.39, 0.29) is 5.91 Å². The van der Waals surface area contributed by atoms with Crippen LogP contribution < -0.4 is 14.8 Å². The van der Waals surface area contributed by atoms with E-state index in [9.17, 15) is 4.79 Å². The zero-order chi connectivity index (χ0) is 18.5. The standard InChI is InChI=1S/C19H20N4O3/c1-23-17(19(24)21-12-13-6-4-5-9-20-13)11-16(22-23)15-8-7-14(25-2)10-18(15)26-3/h4-11H,12H2,1-3H3,(H,21,24). The molecule has 1 aromatic carbocycles. The van der Waals surface area contributed by atoms with Gasteiger partial charge in [-0.2, -0.15) is 5.10 Å². The van der Waals surface area contributed by atoms with Crippen LogP contribution in [0.3, 0.4) is 0 Å². The summed E-state index contributed by atoms with van der Waals surface area (Å²) >= 11 is 0. The highest BCUT2D eigenvalue weighted by Crippen LogP contribution is 2.32. The summed E-state index contributed by atoms with van der Waals surface area (Å²) in [6.45, 7) is 0.353. The van der Waals surface area contributed by atoms with Crippen molar-refractivity contribution in [3.8, 4) is 22.8 Å². The van der Waals surface area contributed by atoms with E-state index in [1.54, 1.807) is 44.3 Å². The number of carbonyl (C=O) groups is 1. The van der Waals surface area contributed by atoms with Gasteiger partial charge in [0, 0.05) is 24.9 Å². The molecule has 0 spiro atoms. The van der Waals surface area contributed by atoms with Gasteiger partial charge in [-0.05, 0) is 30.3 Å². The van der Waals surface area contributed by atoms with Crippen LogP contribution in [-0.4, -0.2) is 34.9 Å². The first-order chi connectivity index (χ1) is 12.6. The van der Waals surface area contributed by atoms with Crippen LogP contribution >= 0.6 is 0 Å². The summed E-state index contributed by atoms with van der Waals surface area (Å²) < 4.78 is 12.2. The first-order valence-corrected chi connectivity index (χ1v) is 8.07. The highest BCUT2D eigenvalue weighted by Gasteiger charge is 2.17. The SMILES string of the molecule is COc1ccc(-c2cc(C(=O)NCc3ccccn3)n(C)n2)c(OC)c1. The Bertz CT molecular complexity index is 906. The molecule has 7 nitrogen and oxygen atoms in total. The van der Waals surface area contributed by atoms with Gasteiger partial charge in [0.05, 0.1) is 32.2 Å². The number of nitrogens with one attached hydrogen (secondary N) is 1. The lowest BCUT2D eigenvalue weighted by Crippen LogP contribution is -2.25. The molecule has 0 unspecified atom stereocenters. The normalized spacial score (nSPS) is 10.4. The van der Waals surface area contributed by atoms with Crippen LogP contribution in [0.5, 0.6) is 11.5 Å². The fourth-order valence-corrected chi connectivity index (χ4v) is 2.59. The molecular formula is C19H20N4O3. The second-order valence-corrected chi connectivity index (χ2v) is 5.61. The molecule has 3 aromatic rings. The quantitative estimate of drug-likeness (QED) is 0.737.